The van der Waals surface area contributed by atoms with Crippen molar-refractivity contribution in [3.8, 4) is 0 Å². The van der Waals surface area contributed by atoms with Crippen molar-refractivity contribution in [1.29, 1.82) is 0 Å². The minimum Gasteiger partial charge on any atom is -0.355 e. The molecule has 0 unspecified atom stereocenters. The Morgan fingerprint density at radius 1 is 1.04 bits per heavy atom. The Balaban J connectivity index is 1.81. The Labute approximate surface area is 164 Å². The van der Waals surface area contributed by atoms with Crippen molar-refractivity contribution in [2.75, 3.05) is 12.4 Å². The molecular formula is C20H23N3O4S. The summed E-state index contributed by atoms with van der Waals surface area (Å²) in [4.78, 5) is 23.0. The van der Waals surface area contributed by atoms with Gasteiger partial charge in [-0.1, -0.05) is 12.1 Å². The summed E-state index contributed by atoms with van der Waals surface area (Å²) >= 11 is 0. The van der Waals surface area contributed by atoms with Crippen LogP contribution in [0.2, 0.25) is 0 Å². The highest BCUT2D eigenvalue weighted by molar-refractivity contribution is 7.89. The third-order valence-electron chi connectivity index (χ3n) is 4.52. The zero-order valence-corrected chi connectivity index (χ0v) is 16.6. The predicted molar refractivity (Wildman–Crippen MR) is 106 cm³/mol. The molecule has 28 heavy (non-hydrogen) atoms. The van der Waals surface area contributed by atoms with Crippen molar-refractivity contribution in [3.63, 3.8) is 0 Å². The molecule has 7 nitrogen and oxygen atoms in total. The molecule has 1 saturated carbocycles. The van der Waals surface area contributed by atoms with Crippen LogP contribution < -0.4 is 10.6 Å². The molecule has 2 aromatic rings. The van der Waals surface area contributed by atoms with Gasteiger partial charge in [-0.25, -0.2) is 8.42 Å². The highest BCUT2D eigenvalue weighted by Crippen LogP contribution is 2.33. The molecule has 2 N–H and O–H groups in total. The van der Waals surface area contributed by atoms with Crippen molar-refractivity contribution in [2.45, 2.75) is 37.2 Å². The van der Waals surface area contributed by atoms with Gasteiger partial charge in [-0.15, -0.1) is 0 Å². The van der Waals surface area contributed by atoms with E-state index in [0.717, 1.165) is 18.4 Å². The zero-order valence-electron chi connectivity index (χ0n) is 15.8. The van der Waals surface area contributed by atoms with Gasteiger partial charge in [0.05, 0.1) is 4.90 Å². The molecule has 2 amide bonds. The molecule has 148 valence electrons. The topological polar surface area (TPSA) is 95.6 Å². The van der Waals surface area contributed by atoms with Crippen molar-refractivity contribution in [3.05, 3.63) is 59.7 Å². The number of nitrogens with one attached hydrogen (secondary N) is 2. The normalized spacial score (nSPS) is 14.0. The van der Waals surface area contributed by atoms with E-state index < -0.39 is 10.0 Å². The van der Waals surface area contributed by atoms with Crippen LogP contribution in [0.1, 0.15) is 35.7 Å². The van der Waals surface area contributed by atoms with Gasteiger partial charge < -0.3 is 10.6 Å². The average Bonchev–Trinajstić information content (AvgIpc) is 3.50. The summed E-state index contributed by atoms with van der Waals surface area (Å²) in [6.45, 7) is 1.64. The summed E-state index contributed by atoms with van der Waals surface area (Å²) in [5.41, 5.74) is 1.90. The second-order valence-corrected chi connectivity index (χ2v) is 8.65. The lowest BCUT2D eigenvalue weighted by atomic mass is 10.1. The van der Waals surface area contributed by atoms with Gasteiger partial charge in [0.2, 0.25) is 15.9 Å². The maximum absolute atomic E-state index is 13.1. The molecule has 0 aromatic heterocycles. The molecule has 1 aliphatic carbocycles. The molecule has 3 rings (SSSR count). The summed E-state index contributed by atoms with van der Waals surface area (Å²) in [5, 5.41) is 5.19. The van der Waals surface area contributed by atoms with Crippen molar-refractivity contribution in [2.24, 2.45) is 0 Å². The van der Waals surface area contributed by atoms with Gasteiger partial charge in [0.15, 0.2) is 0 Å². The first-order chi connectivity index (χ1) is 13.3. The van der Waals surface area contributed by atoms with Crippen LogP contribution in [0, 0.1) is 0 Å². The SMILES string of the molecule is CNC(=O)c1ccc(CN(C2CC2)S(=O)(=O)c2ccc(NC(C)=O)cc2)cc1. The van der Waals surface area contributed by atoms with E-state index >= 15 is 0 Å². The first-order valence-corrected chi connectivity index (χ1v) is 10.5. The maximum atomic E-state index is 13.1. The summed E-state index contributed by atoms with van der Waals surface area (Å²) in [6, 6.07) is 13.1. The fraction of sp³-hybridized carbons (Fsp3) is 0.300. The van der Waals surface area contributed by atoms with Crippen LogP contribution in [0.5, 0.6) is 0 Å². The monoisotopic (exact) mass is 401 g/mol. The Kier molecular flexibility index (Phi) is 5.81. The number of rotatable bonds is 7. The number of carbonyl (C=O) groups excluding carboxylic acids is 2. The summed E-state index contributed by atoms with van der Waals surface area (Å²) in [5.74, 6) is -0.395. The van der Waals surface area contributed by atoms with Crippen LogP contribution >= 0.6 is 0 Å². The first kappa shape index (κ1) is 20.0. The van der Waals surface area contributed by atoms with Gasteiger partial charge in [-0.05, 0) is 54.8 Å². The molecule has 0 atom stereocenters. The summed E-state index contributed by atoms with van der Waals surface area (Å²) in [6.07, 6.45) is 1.67. The van der Waals surface area contributed by atoms with Gasteiger partial charge in [0.1, 0.15) is 0 Å². The summed E-state index contributed by atoms with van der Waals surface area (Å²) < 4.78 is 27.8. The Bertz CT molecular complexity index is 966. The van der Waals surface area contributed by atoms with E-state index in [1.165, 1.54) is 23.4 Å². The second-order valence-electron chi connectivity index (χ2n) is 6.76. The third kappa shape index (κ3) is 4.58. The van der Waals surface area contributed by atoms with Gasteiger partial charge >= 0.3 is 0 Å². The highest BCUT2D eigenvalue weighted by Gasteiger charge is 2.38. The van der Waals surface area contributed by atoms with E-state index in [9.17, 15) is 18.0 Å². The maximum Gasteiger partial charge on any atom is 0.251 e. The number of hydrogen-bond donors (Lipinski definition) is 2. The Morgan fingerprint density at radius 2 is 1.64 bits per heavy atom. The second kappa shape index (κ2) is 8.12. The van der Waals surface area contributed by atoms with Gasteiger partial charge in [-0.2, -0.15) is 4.31 Å². The lowest BCUT2D eigenvalue weighted by Gasteiger charge is -2.22. The largest absolute Gasteiger partial charge is 0.355 e. The third-order valence-corrected chi connectivity index (χ3v) is 6.43. The zero-order chi connectivity index (χ0) is 20.3. The molecular weight excluding hydrogens is 378 g/mol. The predicted octanol–water partition coefficient (Wildman–Crippen LogP) is 2.36. The quantitative estimate of drug-likeness (QED) is 0.744. The number of benzene rings is 2. The number of carbonyl (C=O) groups is 2. The molecule has 0 heterocycles. The smallest absolute Gasteiger partial charge is 0.251 e. The number of sulfonamides is 1. The molecule has 0 bridgehead atoms. The number of anilines is 1. The van der Waals surface area contributed by atoms with E-state index in [1.807, 2.05) is 0 Å². The van der Waals surface area contributed by atoms with Crippen LogP contribution in [0.3, 0.4) is 0 Å². The van der Waals surface area contributed by atoms with E-state index in [4.69, 9.17) is 0 Å². The fourth-order valence-corrected chi connectivity index (χ4v) is 4.58. The van der Waals surface area contributed by atoms with E-state index in [2.05, 4.69) is 10.6 Å². The minimum absolute atomic E-state index is 0.0151. The molecule has 1 aliphatic rings. The minimum atomic E-state index is -3.67. The number of nitrogens with zero attached hydrogens (tertiary/aromatic N) is 1. The molecule has 0 saturated heterocycles. The average molecular weight is 401 g/mol. The van der Waals surface area contributed by atoms with Crippen molar-refractivity contribution >= 4 is 27.5 Å². The Morgan fingerprint density at radius 3 is 2.14 bits per heavy atom. The number of amides is 2. The Hall–Kier alpha value is -2.71. The number of hydrogen-bond acceptors (Lipinski definition) is 4. The molecule has 8 heteroatoms. The van der Waals surface area contributed by atoms with E-state index in [1.54, 1.807) is 43.4 Å². The lowest BCUT2D eigenvalue weighted by Crippen LogP contribution is -2.32. The van der Waals surface area contributed by atoms with Gasteiger partial charge in [0.25, 0.3) is 5.91 Å². The van der Waals surface area contributed by atoms with Crippen LogP contribution in [0.4, 0.5) is 5.69 Å². The van der Waals surface area contributed by atoms with Gasteiger partial charge in [0, 0.05) is 37.8 Å². The van der Waals surface area contributed by atoms with Crippen LogP contribution in [-0.4, -0.2) is 37.6 Å². The standard InChI is InChI=1S/C20H23N3O4S/c1-14(24)22-17-7-11-19(12-8-17)28(26,27)23(18-9-10-18)13-15-3-5-16(6-4-15)20(25)21-2/h3-8,11-12,18H,9-10,13H2,1-2H3,(H,21,25)(H,22,24). The van der Waals surface area contributed by atoms with E-state index in [-0.39, 0.29) is 29.3 Å². The van der Waals surface area contributed by atoms with Crippen molar-refractivity contribution < 1.29 is 18.0 Å². The molecule has 0 spiro atoms. The fourth-order valence-electron chi connectivity index (χ4n) is 2.91. The van der Waals surface area contributed by atoms with Crippen molar-refractivity contribution in [1.82, 2.24) is 9.62 Å². The molecule has 0 aliphatic heterocycles. The van der Waals surface area contributed by atoms with Crippen LogP contribution in [0.25, 0.3) is 0 Å². The van der Waals surface area contributed by atoms with E-state index in [0.29, 0.717) is 11.3 Å². The summed E-state index contributed by atoms with van der Waals surface area (Å²) in [7, 11) is -2.11. The molecule has 0 radical (unpaired) electrons. The highest BCUT2D eigenvalue weighted by atomic mass is 32.2. The molecule has 1 fully saturated rings. The van der Waals surface area contributed by atoms with Crippen LogP contribution in [-0.2, 0) is 21.4 Å². The lowest BCUT2D eigenvalue weighted by molar-refractivity contribution is -0.114. The van der Waals surface area contributed by atoms with Crippen LogP contribution in [0.15, 0.2) is 53.4 Å². The first-order valence-electron chi connectivity index (χ1n) is 9.02. The molecule has 2 aromatic carbocycles. The van der Waals surface area contributed by atoms with Gasteiger partial charge in [-0.3, -0.25) is 9.59 Å².